The van der Waals surface area contributed by atoms with Crippen LogP contribution in [-0.4, -0.2) is 58.0 Å². The Labute approximate surface area is 236 Å². The molecule has 1 atom stereocenters. The standard InChI is InChI=1S/C32H37ClN4O2/c1-24-7-6-10-29-31(24)34-30(23-39-28-13-11-27(33)12-14-28)37(29)18-15-25(2)32(38)36-21-19-35(20-22-36)17-16-26-8-4-3-5-9-26/h3-14,25H,15-23H2,1-2H3. The number of halogens is 1. The van der Waals surface area contributed by atoms with Gasteiger partial charge < -0.3 is 14.2 Å². The van der Waals surface area contributed by atoms with Crippen LogP contribution in [0.5, 0.6) is 5.75 Å². The molecule has 4 aromatic rings. The average molecular weight is 545 g/mol. The Bertz CT molecular complexity index is 1380. The van der Waals surface area contributed by atoms with E-state index in [0.29, 0.717) is 18.2 Å². The molecule has 0 N–H and O–H groups in total. The highest BCUT2D eigenvalue weighted by Crippen LogP contribution is 2.24. The lowest BCUT2D eigenvalue weighted by Crippen LogP contribution is -2.50. The minimum Gasteiger partial charge on any atom is -0.486 e. The van der Waals surface area contributed by atoms with Crippen molar-refractivity contribution in [1.82, 2.24) is 19.4 Å². The third kappa shape index (κ3) is 6.81. The molecule has 0 bridgehead atoms. The van der Waals surface area contributed by atoms with Crippen LogP contribution in [-0.2, 0) is 24.4 Å². The monoisotopic (exact) mass is 544 g/mol. The second kappa shape index (κ2) is 12.7. The van der Waals surface area contributed by atoms with Crippen molar-refractivity contribution in [3.05, 3.63) is 94.8 Å². The molecule has 0 spiro atoms. The van der Waals surface area contributed by atoms with Gasteiger partial charge in [0.1, 0.15) is 18.2 Å². The lowest BCUT2D eigenvalue weighted by molar-refractivity contribution is -0.137. The van der Waals surface area contributed by atoms with Crippen LogP contribution in [0.1, 0.15) is 30.3 Å². The second-order valence-electron chi connectivity index (χ2n) is 10.5. The van der Waals surface area contributed by atoms with E-state index in [-0.39, 0.29) is 11.8 Å². The third-order valence-electron chi connectivity index (χ3n) is 7.69. The number of imidazole rings is 1. The summed E-state index contributed by atoms with van der Waals surface area (Å²) in [6.45, 7) is 9.69. The summed E-state index contributed by atoms with van der Waals surface area (Å²) < 4.78 is 8.25. The lowest BCUT2D eigenvalue weighted by Gasteiger charge is -2.36. The predicted octanol–water partition coefficient (Wildman–Crippen LogP) is 5.99. The van der Waals surface area contributed by atoms with Crippen LogP contribution >= 0.6 is 11.6 Å². The molecule has 1 fully saturated rings. The van der Waals surface area contributed by atoms with E-state index in [9.17, 15) is 4.79 Å². The molecule has 6 nitrogen and oxygen atoms in total. The molecule has 1 amide bonds. The van der Waals surface area contributed by atoms with Crippen molar-refractivity contribution >= 4 is 28.5 Å². The number of nitrogens with zero attached hydrogens (tertiary/aromatic N) is 4. The zero-order valence-electron chi connectivity index (χ0n) is 22.9. The maximum absolute atomic E-state index is 13.3. The quantitative estimate of drug-likeness (QED) is 0.246. The Morgan fingerprint density at radius 3 is 2.44 bits per heavy atom. The van der Waals surface area contributed by atoms with E-state index >= 15 is 0 Å². The van der Waals surface area contributed by atoms with Crippen LogP contribution in [0.4, 0.5) is 0 Å². The number of para-hydroxylation sites is 1. The van der Waals surface area contributed by atoms with Crippen molar-refractivity contribution < 1.29 is 9.53 Å². The Morgan fingerprint density at radius 1 is 0.949 bits per heavy atom. The summed E-state index contributed by atoms with van der Waals surface area (Å²) in [5, 5.41) is 0.678. The number of carbonyl (C=O) groups is 1. The van der Waals surface area contributed by atoms with Gasteiger partial charge in [0, 0.05) is 50.2 Å². The first-order chi connectivity index (χ1) is 19.0. The fourth-order valence-corrected chi connectivity index (χ4v) is 5.38. The van der Waals surface area contributed by atoms with Crippen molar-refractivity contribution in [3.63, 3.8) is 0 Å². The number of hydrogen-bond donors (Lipinski definition) is 0. The van der Waals surface area contributed by atoms with Crippen LogP contribution in [0.3, 0.4) is 0 Å². The molecule has 7 heteroatoms. The largest absolute Gasteiger partial charge is 0.486 e. The maximum atomic E-state index is 13.3. The van der Waals surface area contributed by atoms with Crippen LogP contribution < -0.4 is 4.74 Å². The predicted molar refractivity (Wildman–Crippen MR) is 157 cm³/mol. The van der Waals surface area contributed by atoms with Gasteiger partial charge in [-0.2, -0.15) is 0 Å². The van der Waals surface area contributed by atoms with E-state index in [1.54, 1.807) is 0 Å². The van der Waals surface area contributed by atoms with Crippen LogP contribution in [0.2, 0.25) is 5.02 Å². The van der Waals surface area contributed by atoms with E-state index in [1.807, 2.05) is 29.2 Å². The van der Waals surface area contributed by atoms with E-state index < -0.39 is 0 Å². The average Bonchev–Trinajstić information content (AvgIpc) is 3.33. The van der Waals surface area contributed by atoms with Crippen molar-refractivity contribution in [2.45, 2.75) is 39.8 Å². The Hall–Kier alpha value is -3.35. The Morgan fingerprint density at radius 2 is 1.69 bits per heavy atom. The van der Waals surface area contributed by atoms with Crippen molar-refractivity contribution in [2.75, 3.05) is 32.7 Å². The zero-order valence-corrected chi connectivity index (χ0v) is 23.6. The molecule has 0 aliphatic carbocycles. The van der Waals surface area contributed by atoms with Crippen molar-refractivity contribution in [2.24, 2.45) is 5.92 Å². The maximum Gasteiger partial charge on any atom is 0.225 e. The summed E-state index contributed by atoms with van der Waals surface area (Å²) in [5.74, 6) is 1.80. The van der Waals surface area contributed by atoms with Gasteiger partial charge in [0.2, 0.25) is 5.91 Å². The molecule has 1 aromatic heterocycles. The van der Waals surface area contributed by atoms with Crippen molar-refractivity contribution in [3.8, 4) is 5.75 Å². The molecule has 0 saturated carbocycles. The van der Waals surface area contributed by atoms with E-state index in [2.05, 4.69) is 71.8 Å². The first kappa shape index (κ1) is 27.2. The van der Waals surface area contributed by atoms with Gasteiger partial charge in [-0.1, -0.05) is 61.0 Å². The van der Waals surface area contributed by atoms with Crippen molar-refractivity contribution in [1.29, 1.82) is 0 Å². The van der Waals surface area contributed by atoms with Gasteiger partial charge in [0.05, 0.1) is 11.0 Å². The fourth-order valence-electron chi connectivity index (χ4n) is 5.26. The number of benzene rings is 3. The molecule has 39 heavy (non-hydrogen) atoms. The number of fused-ring (bicyclic) bond motifs is 1. The minimum atomic E-state index is -0.0619. The topological polar surface area (TPSA) is 50.6 Å². The summed E-state index contributed by atoms with van der Waals surface area (Å²) in [6, 6.07) is 24.2. The van der Waals surface area contributed by atoms with E-state index in [0.717, 1.165) is 73.7 Å². The van der Waals surface area contributed by atoms with Crippen LogP contribution in [0.15, 0.2) is 72.8 Å². The SMILES string of the molecule is Cc1cccc2c1nc(COc1ccc(Cl)cc1)n2CCC(C)C(=O)N1CCN(CCc2ccccc2)CC1. The highest BCUT2D eigenvalue weighted by molar-refractivity contribution is 6.30. The Balaban J connectivity index is 1.18. The number of aryl methyl sites for hydroxylation is 2. The number of rotatable bonds is 10. The van der Waals surface area contributed by atoms with Gasteiger partial charge in [0.15, 0.2) is 0 Å². The normalized spacial score (nSPS) is 15.0. The smallest absolute Gasteiger partial charge is 0.225 e. The van der Waals surface area contributed by atoms with E-state index in [1.165, 1.54) is 5.56 Å². The molecule has 5 rings (SSSR count). The molecule has 1 aliphatic heterocycles. The minimum absolute atomic E-state index is 0.0619. The number of amides is 1. The van der Waals surface area contributed by atoms with Gasteiger partial charge >= 0.3 is 0 Å². The summed E-state index contributed by atoms with van der Waals surface area (Å²) in [4.78, 5) is 22.8. The molecule has 1 unspecified atom stereocenters. The van der Waals surface area contributed by atoms with Gasteiger partial charge in [-0.3, -0.25) is 9.69 Å². The van der Waals surface area contributed by atoms with Crippen LogP contribution in [0.25, 0.3) is 11.0 Å². The molecule has 1 saturated heterocycles. The highest BCUT2D eigenvalue weighted by Gasteiger charge is 2.25. The number of ether oxygens (including phenoxy) is 1. The number of piperazine rings is 1. The summed E-state index contributed by atoms with van der Waals surface area (Å²) >= 11 is 6.02. The highest BCUT2D eigenvalue weighted by atomic mass is 35.5. The van der Waals surface area contributed by atoms with Gasteiger partial charge in [-0.05, 0) is 61.2 Å². The second-order valence-corrected chi connectivity index (χ2v) is 10.9. The third-order valence-corrected chi connectivity index (χ3v) is 7.94. The fraction of sp³-hybridized carbons (Fsp3) is 0.375. The van der Waals surface area contributed by atoms with Crippen LogP contribution in [0, 0.1) is 12.8 Å². The number of carbonyl (C=O) groups excluding carboxylic acids is 1. The van der Waals surface area contributed by atoms with Gasteiger partial charge in [-0.25, -0.2) is 4.98 Å². The molecular formula is C32H37ClN4O2. The zero-order chi connectivity index (χ0) is 27.2. The summed E-state index contributed by atoms with van der Waals surface area (Å²) in [5.41, 5.74) is 4.56. The van der Waals surface area contributed by atoms with Gasteiger partial charge in [-0.15, -0.1) is 0 Å². The number of aromatic nitrogens is 2. The Kier molecular flexibility index (Phi) is 8.84. The first-order valence-electron chi connectivity index (χ1n) is 13.9. The molecule has 3 aromatic carbocycles. The summed E-state index contributed by atoms with van der Waals surface area (Å²) in [7, 11) is 0. The molecule has 1 aliphatic rings. The van der Waals surface area contributed by atoms with Gasteiger partial charge in [0.25, 0.3) is 0 Å². The number of hydrogen-bond acceptors (Lipinski definition) is 4. The van der Waals surface area contributed by atoms with E-state index in [4.69, 9.17) is 21.3 Å². The summed E-state index contributed by atoms with van der Waals surface area (Å²) in [6.07, 6.45) is 1.80. The molecule has 0 radical (unpaired) electrons. The molecule has 2 heterocycles. The first-order valence-corrected chi connectivity index (χ1v) is 14.2. The molecule has 204 valence electrons. The lowest BCUT2D eigenvalue weighted by atomic mass is 10.1. The molecular weight excluding hydrogens is 508 g/mol.